The van der Waals surface area contributed by atoms with Crippen LogP contribution < -0.4 is 4.74 Å². The molecule has 0 radical (unpaired) electrons. The Morgan fingerprint density at radius 2 is 2.04 bits per heavy atom. The van der Waals surface area contributed by atoms with Gasteiger partial charge in [-0.3, -0.25) is 4.79 Å². The van der Waals surface area contributed by atoms with Crippen molar-refractivity contribution in [2.45, 2.75) is 26.8 Å². The van der Waals surface area contributed by atoms with Crippen LogP contribution in [0.5, 0.6) is 5.75 Å². The van der Waals surface area contributed by atoms with Gasteiger partial charge in [0.05, 0.1) is 30.4 Å². The summed E-state index contributed by atoms with van der Waals surface area (Å²) in [4.78, 5) is 29.0. The molecule has 2 aromatic rings. The van der Waals surface area contributed by atoms with Gasteiger partial charge in [0.25, 0.3) is 0 Å². The SMILES string of the molecule is CCOC(=O)CCn1cnc2ccc(OC(=O)N(C)CC)cc21.Cl. The average Bonchev–Trinajstić information content (AvgIpc) is 2.94. The Hall–Kier alpha value is -2.28. The molecular weight excluding hydrogens is 334 g/mol. The third kappa shape index (κ3) is 4.86. The van der Waals surface area contributed by atoms with Crippen LogP contribution in [0.15, 0.2) is 24.5 Å². The predicted octanol–water partition coefficient (Wildman–Crippen LogP) is 2.86. The minimum atomic E-state index is -0.413. The highest BCUT2D eigenvalue weighted by molar-refractivity contribution is 5.85. The van der Waals surface area contributed by atoms with Crippen molar-refractivity contribution in [1.82, 2.24) is 14.5 Å². The fourth-order valence-corrected chi connectivity index (χ4v) is 2.03. The van der Waals surface area contributed by atoms with Crippen LogP contribution in [0.1, 0.15) is 20.3 Å². The molecule has 1 aromatic heterocycles. The van der Waals surface area contributed by atoms with Crippen LogP contribution in [0.3, 0.4) is 0 Å². The summed E-state index contributed by atoms with van der Waals surface area (Å²) in [5.41, 5.74) is 1.58. The van der Waals surface area contributed by atoms with Crippen LogP contribution in [0, 0.1) is 0 Å². The number of esters is 1. The highest BCUT2D eigenvalue weighted by Gasteiger charge is 2.11. The van der Waals surface area contributed by atoms with Gasteiger partial charge in [-0.15, -0.1) is 12.4 Å². The molecule has 0 fully saturated rings. The number of hydrogen-bond acceptors (Lipinski definition) is 5. The quantitative estimate of drug-likeness (QED) is 0.745. The van der Waals surface area contributed by atoms with E-state index in [1.165, 1.54) is 4.90 Å². The second-order valence-electron chi connectivity index (χ2n) is 5.03. The normalized spacial score (nSPS) is 10.1. The number of hydrogen-bond donors (Lipinski definition) is 0. The molecule has 2 rings (SSSR count). The number of rotatable bonds is 6. The maximum absolute atomic E-state index is 11.8. The van der Waals surface area contributed by atoms with Gasteiger partial charge in [0, 0.05) is 26.2 Å². The van der Waals surface area contributed by atoms with Crippen molar-refractivity contribution in [3.05, 3.63) is 24.5 Å². The third-order valence-electron chi connectivity index (χ3n) is 3.45. The summed E-state index contributed by atoms with van der Waals surface area (Å²) >= 11 is 0. The van der Waals surface area contributed by atoms with Gasteiger partial charge in [0.2, 0.25) is 0 Å². The number of aromatic nitrogens is 2. The van der Waals surface area contributed by atoms with Gasteiger partial charge in [0.15, 0.2) is 0 Å². The topological polar surface area (TPSA) is 73.7 Å². The molecule has 0 aliphatic rings. The monoisotopic (exact) mass is 355 g/mol. The molecule has 7 nitrogen and oxygen atoms in total. The second kappa shape index (κ2) is 9.12. The van der Waals surface area contributed by atoms with Crippen molar-refractivity contribution in [1.29, 1.82) is 0 Å². The predicted molar refractivity (Wildman–Crippen MR) is 92.6 cm³/mol. The number of aryl methyl sites for hydroxylation is 1. The Morgan fingerprint density at radius 3 is 2.71 bits per heavy atom. The number of fused-ring (bicyclic) bond motifs is 1. The van der Waals surface area contributed by atoms with Crippen molar-refractivity contribution in [2.24, 2.45) is 0 Å². The zero-order valence-corrected chi connectivity index (χ0v) is 14.8. The number of halogens is 1. The molecule has 1 aromatic carbocycles. The molecule has 0 aliphatic carbocycles. The lowest BCUT2D eigenvalue weighted by Gasteiger charge is -2.14. The number of imidazole rings is 1. The standard InChI is InChI=1S/C16H21N3O4.ClH/c1-4-18(3)16(21)23-12-6-7-13-14(10-12)19(11-17-13)9-8-15(20)22-5-2;/h6-7,10-11H,4-5,8-9H2,1-3H3;1H. The highest BCUT2D eigenvalue weighted by Crippen LogP contribution is 2.21. The molecule has 0 bridgehead atoms. The van der Waals surface area contributed by atoms with E-state index in [1.54, 1.807) is 38.5 Å². The Labute approximate surface area is 146 Å². The summed E-state index contributed by atoms with van der Waals surface area (Å²) in [6.07, 6.45) is 1.51. The molecule has 24 heavy (non-hydrogen) atoms. The number of ether oxygens (including phenoxy) is 2. The number of carbonyl (C=O) groups is 2. The first-order valence-corrected chi connectivity index (χ1v) is 7.58. The van der Waals surface area contributed by atoms with Gasteiger partial charge < -0.3 is 18.9 Å². The smallest absolute Gasteiger partial charge is 0.414 e. The van der Waals surface area contributed by atoms with E-state index >= 15 is 0 Å². The van der Waals surface area contributed by atoms with Gasteiger partial charge in [-0.2, -0.15) is 0 Å². The first-order valence-electron chi connectivity index (χ1n) is 7.58. The molecule has 0 saturated carbocycles. The molecular formula is C16H22ClN3O4. The second-order valence-corrected chi connectivity index (χ2v) is 5.03. The fourth-order valence-electron chi connectivity index (χ4n) is 2.03. The van der Waals surface area contributed by atoms with E-state index in [1.807, 2.05) is 11.5 Å². The number of carbonyl (C=O) groups excluding carboxylic acids is 2. The van der Waals surface area contributed by atoms with Gasteiger partial charge in [-0.25, -0.2) is 9.78 Å². The summed E-state index contributed by atoms with van der Waals surface area (Å²) in [6, 6.07) is 5.23. The van der Waals surface area contributed by atoms with Crippen molar-refractivity contribution in [2.75, 3.05) is 20.2 Å². The fraction of sp³-hybridized carbons (Fsp3) is 0.438. The summed E-state index contributed by atoms with van der Waals surface area (Å²) in [7, 11) is 1.67. The average molecular weight is 356 g/mol. The van der Waals surface area contributed by atoms with Crippen LogP contribution >= 0.6 is 12.4 Å². The van der Waals surface area contributed by atoms with Gasteiger partial charge in [0.1, 0.15) is 5.75 Å². The Kier molecular flexibility index (Phi) is 7.51. The molecule has 0 N–H and O–H groups in total. The molecule has 0 unspecified atom stereocenters. The Balaban J connectivity index is 0.00000288. The van der Waals surface area contributed by atoms with E-state index in [2.05, 4.69) is 4.98 Å². The van der Waals surface area contributed by atoms with Gasteiger partial charge in [-0.05, 0) is 26.0 Å². The van der Waals surface area contributed by atoms with E-state index in [0.29, 0.717) is 25.4 Å². The largest absolute Gasteiger partial charge is 0.466 e. The first kappa shape index (κ1) is 19.8. The first-order chi connectivity index (χ1) is 11.0. The minimum Gasteiger partial charge on any atom is -0.466 e. The molecule has 1 heterocycles. The lowest BCUT2D eigenvalue weighted by atomic mass is 10.3. The van der Waals surface area contributed by atoms with E-state index in [4.69, 9.17) is 9.47 Å². The van der Waals surface area contributed by atoms with Crippen LogP contribution in [0.4, 0.5) is 4.79 Å². The van der Waals surface area contributed by atoms with Crippen LogP contribution in [0.2, 0.25) is 0 Å². The maximum atomic E-state index is 11.8. The van der Waals surface area contributed by atoms with E-state index in [9.17, 15) is 9.59 Å². The lowest BCUT2D eigenvalue weighted by molar-refractivity contribution is -0.143. The van der Waals surface area contributed by atoms with Crippen molar-refractivity contribution >= 4 is 35.5 Å². The summed E-state index contributed by atoms with van der Waals surface area (Å²) in [5.74, 6) is 0.196. The highest BCUT2D eigenvalue weighted by atomic mass is 35.5. The van der Waals surface area contributed by atoms with Crippen LogP contribution in [0.25, 0.3) is 11.0 Å². The Bertz CT molecular complexity index is 702. The van der Waals surface area contributed by atoms with Crippen molar-refractivity contribution < 1.29 is 19.1 Å². The Morgan fingerprint density at radius 1 is 1.29 bits per heavy atom. The number of benzene rings is 1. The summed E-state index contributed by atoms with van der Waals surface area (Å²) in [6.45, 7) is 5.04. The maximum Gasteiger partial charge on any atom is 0.414 e. The van der Waals surface area contributed by atoms with Crippen molar-refractivity contribution in [3.8, 4) is 5.75 Å². The van der Waals surface area contributed by atoms with E-state index < -0.39 is 6.09 Å². The zero-order chi connectivity index (χ0) is 16.8. The molecule has 8 heteroatoms. The zero-order valence-electron chi connectivity index (χ0n) is 14.0. The lowest BCUT2D eigenvalue weighted by Crippen LogP contribution is -2.29. The van der Waals surface area contributed by atoms with E-state index in [-0.39, 0.29) is 24.8 Å². The minimum absolute atomic E-state index is 0. The molecule has 0 atom stereocenters. The molecule has 0 saturated heterocycles. The van der Waals surface area contributed by atoms with Crippen LogP contribution in [-0.2, 0) is 16.1 Å². The molecule has 0 aliphatic heterocycles. The van der Waals surface area contributed by atoms with Crippen LogP contribution in [-0.4, -0.2) is 46.7 Å². The molecule has 1 amide bonds. The summed E-state index contributed by atoms with van der Waals surface area (Å²) < 4.78 is 12.1. The molecule has 132 valence electrons. The van der Waals surface area contributed by atoms with Gasteiger partial charge >= 0.3 is 12.1 Å². The van der Waals surface area contributed by atoms with Crippen molar-refractivity contribution in [3.63, 3.8) is 0 Å². The number of nitrogens with zero attached hydrogens (tertiary/aromatic N) is 3. The van der Waals surface area contributed by atoms with E-state index in [0.717, 1.165) is 11.0 Å². The summed E-state index contributed by atoms with van der Waals surface area (Å²) in [5, 5.41) is 0. The molecule has 0 spiro atoms. The third-order valence-corrected chi connectivity index (χ3v) is 3.45. The number of amides is 1. The van der Waals surface area contributed by atoms with Gasteiger partial charge in [-0.1, -0.05) is 0 Å².